The summed E-state index contributed by atoms with van der Waals surface area (Å²) in [5, 5.41) is 4.55. The minimum Gasteiger partial charge on any atom is -0.490 e. The number of benzene rings is 1. The van der Waals surface area contributed by atoms with Crippen molar-refractivity contribution in [3.63, 3.8) is 0 Å². The number of halogens is 1. The lowest BCUT2D eigenvalue weighted by molar-refractivity contribution is 0.0471. The molecular formula is C11H13ClN2O2. The van der Waals surface area contributed by atoms with E-state index in [1.54, 1.807) is 12.1 Å². The predicted octanol–water partition coefficient (Wildman–Crippen LogP) is 1.82. The molecule has 0 amide bonds. The Morgan fingerprint density at radius 3 is 2.81 bits per heavy atom. The van der Waals surface area contributed by atoms with Gasteiger partial charge in [-0.05, 0) is 24.3 Å². The first-order valence-corrected chi connectivity index (χ1v) is 5.45. The number of nitrogens with two attached hydrogens (primary N) is 1. The van der Waals surface area contributed by atoms with Crippen LogP contribution in [0.5, 0.6) is 5.75 Å². The zero-order chi connectivity index (χ0) is 11.4. The molecule has 0 fully saturated rings. The summed E-state index contributed by atoms with van der Waals surface area (Å²) in [5.41, 5.74) is 6.33. The average Bonchev–Trinajstić information content (AvgIpc) is 2.76. The molecule has 0 aliphatic carbocycles. The standard InChI is InChI=1S/C11H13ClN2O2/c12-8-1-3-10(4-2-8)15-7-11-5-9(6-13)14-16-11/h1-4,11H,5-7,13H2. The Morgan fingerprint density at radius 1 is 1.44 bits per heavy atom. The van der Waals surface area contributed by atoms with Crippen molar-refractivity contribution in [2.45, 2.75) is 12.5 Å². The lowest BCUT2D eigenvalue weighted by Gasteiger charge is -2.10. The van der Waals surface area contributed by atoms with Crippen LogP contribution in [0.2, 0.25) is 5.02 Å². The molecule has 0 bridgehead atoms. The van der Waals surface area contributed by atoms with Gasteiger partial charge in [-0.2, -0.15) is 0 Å². The molecule has 0 saturated carbocycles. The molecule has 86 valence electrons. The molecule has 1 unspecified atom stereocenters. The van der Waals surface area contributed by atoms with Crippen LogP contribution in [-0.4, -0.2) is 25.0 Å². The second-order valence-electron chi connectivity index (χ2n) is 3.56. The Balaban J connectivity index is 1.78. The highest BCUT2D eigenvalue weighted by Crippen LogP contribution is 2.17. The summed E-state index contributed by atoms with van der Waals surface area (Å²) in [6, 6.07) is 7.21. The van der Waals surface area contributed by atoms with Gasteiger partial charge in [-0.3, -0.25) is 0 Å². The van der Waals surface area contributed by atoms with Crippen LogP contribution in [0.1, 0.15) is 6.42 Å². The van der Waals surface area contributed by atoms with E-state index in [2.05, 4.69) is 5.16 Å². The summed E-state index contributed by atoms with van der Waals surface area (Å²) >= 11 is 5.76. The van der Waals surface area contributed by atoms with Crippen molar-refractivity contribution in [1.29, 1.82) is 0 Å². The van der Waals surface area contributed by atoms with Gasteiger partial charge in [0, 0.05) is 18.0 Å². The molecule has 0 radical (unpaired) electrons. The molecule has 5 heteroatoms. The molecule has 1 aliphatic rings. The number of hydrogen-bond donors (Lipinski definition) is 1. The largest absolute Gasteiger partial charge is 0.490 e. The number of oxime groups is 1. The second kappa shape index (κ2) is 5.18. The van der Waals surface area contributed by atoms with E-state index in [1.807, 2.05) is 12.1 Å². The van der Waals surface area contributed by atoms with Crippen molar-refractivity contribution in [3.8, 4) is 5.75 Å². The maximum Gasteiger partial charge on any atom is 0.166 e. The summed E-state index contributed by atoms with van der Waals surface area (Å²) in [6.45, 7) is 0.909. The first kappa shape index (κ1) is 11.2. The first-order valence-electron chi connectivity index (χ1n) is 5.08. The van der Waals surface area contributed by atoms with Crippen molar-refractivity contribution in [2.24, 2.45) is 10.9 Å². The normalized spacial score (nSPS) is 19.1. The molecule has 0 saturated heterocycles. The maximum absolute atomic E-state index is 5.76. The van der Waals surface area contributed by atoms with Crippen molar-refractivity contribution < 1.29 is 9.57 Å². The lowest BCUT2D eigenvalue weighted by Crippen LogP contribution is -2.20. The van der Waals surface area contributed by atoms with E-state index in [9.17, 15) is 0 Å². The van der Waals surface area contributed by atoms with Crippen molar-refractivity contribution in [3.05, 3.63) is 29.3 Å². The Morgan fingerprint density at radius 2 is 2.19 bits per heavy atom. The third-order valence-corrected chi connectivity index (χ3v) is 2.53. The lowest BCUT2D eigenvalue weighted by atomic mass is 10.2. The first-order chi connectivity index (χ1) is 7.78. The van der Waals surface area contributed by atoms with Crippen molar-refractivity contribution in [2.75, 3.05) is 13.2 Å². The highest BCUT2D eigenvalue weighted by Gasteiger charge is 2.20. The minimum absolute atomic E-state index is 0.0331. The SMILES string of the molecule is NCC1=NOC(COc2ccc(Cl)cc2)C1. The summed E-state index contributed by atoms with van der Waals surface area (Å²) in [4.78, 5) is 5.16. The van der Waals surface area contributed by atoms with Gasteiger partial charge < -0.3 is 15.3 Å². The number of ether oxygens (including phenoxy) is 1. The third kappa shape index (κ3) is 2.87. The molecule has 0 aromatic heterocycles. The molecule has 1 aromatic rings. The Hall–Kier alpha value is -1.26. The molecule has 2 rings (SSSR count). The van der Waals surface area contributed by atoms with E-state index in [4.69, 9.17) is 26.9 Å². The molecule has 0 spiro atoms. The van der Waals surface area contributed by atoms with E-state index < -0.39 is 0 Å². The van der Waals surface area contributed by atoms with E-state index >= 15 is 0 Å². The summed E-state index contributed by atoms with van der Waals surface area (Å²) in [5.74, 6) is 0.772. The van der Waals surface area contributed by atoms with Gasteiger partial charge in [0.05, 0.1) is 5.71 Å². The van der Waals surface area contributed by atoms with Crippen LogP contribution in [0.25, 0.3) is 0 Å². The van der Waals surface area contributed by atoms with E-state index in [1.165, 1.54) is 0 Å². The second-order valence-corrected chi connectivity index (χ2v) is 3.99. The van der Waals surface area contributed by atoms with Crippen LogP contribution in [0.4, 0.5) is 0 Å². The molecule has 1 heterocycles. The number of nitrogens with zero attached hydrogens (tertiary/aromatic N) is 1. The Kier molecular flexibility index (Phi) is 3.64. The number of hydrogen-bond acceptors (Lipinski definition) is 4. The van der Waals surface area contributed by atoms with Crippen LogP contribution in [-0.2, 0) is 4.84 Å². The fraction of sp³-hybridized carbons (Fsp3) is 0.364. The zero-order valence-electron chi connectivity index (χ0n) is 8.73. The maximum atomic E-state index is 5.76. The zero-order valence-corrected chi connectivity index (χ0v) is 9.48. The monoisotopic (exact) mass is 240 g/mol. The summed E-state index contributed by atoms with van der Waals surface area (Å²) in [6.07, 6.45) is 0.707. The van der Waals surface area contributed by atoms with E-state index in [0.717, 1.165) is 17.9 Å². The molecule has 16 heavy (non-hydrogen) atoms. The number of rotatable bonds is 4. The summed E-state index contributed by atoms with van der Waals surface area (Å²) in [7, 11) is 0. The van der Waals surface area contributed by atoms with Gasteiger partial charge in [0.2, 0.25) is 0 Å². The van der Waals surface area contributed by atoms with E-state index in [-0.39, 0.29) is 6.10 Å². The molecule has 2 N–H and O–H groups in total. The molecule has 4 nitrogen and oxygen atoms in total. The molecule has 1 aromatic carbocycles. The van der Waals surface area contributed by atoms with Crippen LogP contribution >= 0.6 is 11.6 Å². The van der Waals surface area contributed by atoms with Gasteiger partial charge in [-0.25, -0.2) is 0 Å². The predicted molar refractivity (Wildman–Crippen MR) is 62.9 cm³/mol. The van der Waals surface area contributed by atoms with Crippen LogP contribution in [0.3, 0.4) is 0 Å². The van der Waals surface area contributed by atoms with Crippen LogP contribution < -0.4 is 10.5 Å². The van der Waals surface area contributed by atoms with Crippen LogP contribution in [0, 0.1) is 0 Å². The van der Waals surface area contributed by atoms with Gasteiger partial charge in [0.25, 0.3) is 0 Å². The molecule has 1 aliphatic heterocycles. The van der Waals surface area contributed by atoms with Crippen LogP contribution in [0.15, 0.2) is 29.4 Å². The fourth-order valence-electron chi connectivity index (χ4n) is 1.42. The Bertz CT molecular complexity index is 378. The van der Waals surface area contributed by atoms with Gasteiger partial charge >= 0.3 is 0 Å². The van der Waals surface area contributed by atoms with E-state index in [0.29, 0.717) is 18.2 Å². The average molecular weight is 241 g/mol. The fourth-order valence-corrected chi connectivity index (χ4v) is 1.54. The molecule has 1 atom stereocenters. The highest BCUT2D eigenvalue weighted by atomic mass is 35.5. The summed E-state index contributed by atoms with van der Waals surface area (Å²) < 4.78 is 5.54. The Labute approximate surface area is 99.0 Å². The topological polar surface area (TPSA) is 56.8 Å². The highest BCUT2D eigenvalue weighted by molar-refractivity contribution is 6.30. The van der Waals surface area contributed by atoms with Gasteiger partial charge in [-0.15, -0.1) is 0 Å². The van der Waals surface area contributed by atoms with Crippen molar-refractivity contribution in [1.82, 2.24) is 0 Å². The van der Waals surface area contributed by atoms with Gasteiger partial charge in [-0.1, -0.05) is 16.8 Å². The molecular weight excluding hydrogens is 228 g/mol. The van der Waals surface area contributed by atoms with Gasteiger partial charge in [0.1, 0.15) is 12.4 Å². The van der Waals surface area contributed by atoms with Gasteiger partial charge in [0.15, 0.2) is 6.10 Å². The van der Waals surface area contributed by atoms with Crippen molar-refractivity contribution >= 4 is 17.3 Å². The minimum atomic E-state index is -0.0331. The quantitative estimate of drug-likeness (QED) is 0.874. The smallest absolute Gasteiger partial charge is 0.166 e. The third-order valence-electron chi connectivity index (χ3n) is 2.28.